The summed E-state index contributed by atoms with van der Waals surface area (Å²) in [6, 6.07) is 18.5. The molecular formula is C57H74N4O9S2+2. The molecule has 3 aromatic rings. The van der Waals surface area contributed by atoms with Gasteiger partial charge < -0.3 is 18.4 Å². The van der Waals surface area contributed by atoms with Gasteiger partial charge in [-0.3, -0.25) is 9.59 Å². The van der Waals surface area contributed by atoms with E-state index in [9.17, 15) is 35.8 Å². The lowest BCUT2D eigenvalue weighted by molar-refractivity contribution is -0.871. The second kappa shape index (κ2) is 20.5. The van der Waals surface area contributed by atoms with Crippen LogP contribution < -0.4 is 0 Å². The van der Waals surface area contributed by atoms with Crippen LogP contribution in [-0.4, -0.2) is 132 Å². The normalized spacial score (nSPS) is 20.4. The molecule has 72 heavy (non-hydrogen) atoms. The maximum Gasteiger partial charge on any atom is 0.333 e. The Morgan fingerprint density at radius 1 is 0.778 bits per heavy atom. The van der Waals surface area contributed by atoms with Crippen molar-refractivity contribution in [3.8, 4) is 0 Å². The minimum absolute atomic E-state index is 0.0180. The van der Waals surface area contributed by atoms with Gasteiger partial charge in [0.05, 0.1) is 83.4 Å². The summed E-state index contributed by atoms with van der Waals surface area (Å²) in [5.74, 6) is -1.60. The van der Waals surface area contributed by atoms with Gasteiger partial charge in [0, 0.05) is 48.1 Å². The summed E-state index contributed by atoms with van der Waals surface area (Å²) in [5.41, 5.74) is 10.3. The van der Waals surface area contributed by atoms with Crippen LogP contribution >= 0.6 is 0 Å². The van der Waals surface area contributed by atoms with E-state index in [2.05, 4.69) is 111 Å². The third-order valence-electron chi connectivity index (χ3n) is 14.8. The van der Waals surface area contributed by atoms with E-state index in [0.717, 1.165) is 111 Å². The Hall–Kier alpha value is -5.32. The number of nitrogens with zero attached hydrogens (tertiary/aromatic N) is 4. The van der Waals surface area contributed by atoms with Gasteiger partial charge in [0.25, 0.3) is 11.8 Å². The van der Waals surface area contributed by atoms with Crippen molar-refractivity contribution in [3.05, 3.63) is 130 Å². The van der Waals surface area contributed by atoms with E-state index in [1.165, 1.54) is 29.5 Å². The van der Waals surface area contributed by atoms with E-state index in [4.69, 9.17) is 4.84 Å². The lowest BCUT2D eigenvalue weighted by atomic mass is 9.78. The number of imide groups is 1. The van der Waals surface area contributed by atoms with Crippen molar-refractivity contribution in [2.24, 2.45) is 0 Å². The van der Waals surface area contributed by atoms with E-state index in [0.29, 0.717) is 22.9 Å². The largest absolute Gasteiger partial charge is 0.744 e. The highest BCUT2D eigenvalue weighted by Gasteiger charge is 2.45. The molecule has 0 saturated carbocycles. The van der Waals surface area contributed by atoms with Gasteiger partial charge in [0.2, 0.25) is 5.69 Å². The number of hydroxylamine groups is 2. The predicted molar refractivity (Wildman–Crippen MR) is 280 cm³/mol. The maximum atomic E-state index is 12.9. The number of hydrogen-bond donors (Lipinski definition) is 0. The van der Waals surface area contributed by atoms with Crippen LogP contribution in [0.5, 0.6) is 0 Å². The minimum atomic E-state index is -4.69. The first-order chi connectivity index (χ1) is 33.5. The van der Waals surface area contributed by atoms with Gasteiger partial charge >= 0.3 is 5.97 Å². The molecule has 7 rings (SSSR count). The van der Waals surface area contributed by atoms with Crippen LogP contribution in [0, 0.1) is 0 Å². The average molecular weight is 1020 g/mol. The van der Waals surface area contributed by atoms with E-state index >= 15 is 0 Å². The average Bonchev–Trinajstić information content (AvgIpc) is 3.79. The van der Waals surface area contributed by atoms with E-state index < -0.39 is 48.6 Å². The predicted octanol–water partition coefficient (Wildman–Crippen LogP) is 8.61. The van der Waals surface area contributed by atoms with E-state index in [1.54, 1.807) is 12.1 Å². The zero-order valence-electron chi connectivity index (χ0n) is 44.1. The molecule has 0 bridgehead atoms. The van der Waals surface area contributed by atoms with Crippen molar-refractivity contribution in [1.29, 1.82) is 0 Å². The number of hydrogen-bond acceptors (Lipinski definition) is 9. The van der Waals surface area contributed by atoms with Crippen LogP contribution in [0.25, 0.3) is 5.57 Å². The van der Waals surface area contributed by atoms with Gasteiger partial charge in [-0.05, 0) is 116 Å². The third kappa shape index (κ3) is 12.2. The Labute approximate surface area is 428 Å². The summed E-state index contributed by atoms with van der Waals surface area (Å²) in [7, 11) is 4.95. The highest BCUT2D eigenvalue weighted by atomic mass is 32.2. The van der Waals surface area contributed by atoms with Gasteiger partial charge in [-0.25, -0.2) is 21.6 Å². The summed E-state index contributed by atoms with van der Waals surface area (Å²) in [6.07, 6.45) is 15.8. The van der Waals surface area contributed by atoms with E-state index in [-0.39, 0.29) is 30.1 Å². The third-order valence-corrected chi connectivity index (χ3v) is 16.7. The highest BCUT2D eigenvalue weighted by molar-refractivity contribution is 7.90. The van der Waals surface area contributed by atoms with Crippen LogP contribution in [0.4, 0.5) is 5.69 Å². The van der Waals surface area contributed by atoms with Crippen LogP contribution in [0.15, 0.2) is 111 Å². The van der Waals surface area contributed by atoms with Crippen molar-refractivity contribution in [2.45, 2.75) is 118 Å². The van der Waals surface area contributed by atoms with E-state index in [1.807, 2.05) is 24.3 Å². The standard InChI is InChI=1S/C57H74N4O9S2/c1-56(2)47(45(17-13-35-60(5,6)7)46-27-25-43(37-48(46)56)71(11,65)66)28-23-40-15-12-16-41(55(40)42-21-18-39(19-22-42)20-33-54(64)70-59-52(62)31-32-53(59)63)24-30-51-57(3,4)49-38-44(72(67,68)69)26-29-50(49)58(51)34-14-36-61(8,9)10/h18-19,21-30,37-38,45H,12-17,20,31-36H2,1-11H3/q+2/b30-24+,40-23+,47-28-. The lowest BCUT2D eigenvalue weighted by Gasteiger charge is -2.27. The van der Waals surface area contributed by atoms with Crippen LogP contribution in [0.3, 0.4) is 0 Å². The first-order valence-electron chi connectivity index (χ1n) is 25.2. The molecule has 1 unspecified atom stereocenters. The molecule has 1 saturated heterocycles. The molecule has 386 valence electrons. The summed E-state index contributed by atoms with van der Waals surface area (Å²) >= 11 is 0. The fourth-order valence-electron chi connectivity index (χ4n) is 10.9. The molecule has 0 spiro atoms. The van der Waals surface area contributed by atoms with Crippen molar-refractivity contribution in [2.75, 3.05) is 68.2 Å². The number of sulfone groups is 1. The van der Waals surface area contributed by atoms with Gasteiger partial charge in [0.1, 0.15) is 10.1 Å². The Morgan fingerprint density at radius 2 is 1.40 bits per heavy atom. The minimum Gasteiger partial charge on any atom is -0.744 e. The number of aryl methyl sites for hydroxylation is 1. The molecular weight excluding hydrogens is 949 g/mol. The van der Waals surface area contributed by atoms with Crippen molar-refractivity contribution in [1.82, 2.24) is 5.06 Å². The fourth-order valence-corrected chi connectivity index (χ4v) is 12.1. The molecule has 0 N–H and O–H groups in total. The first-order valence-corrected chi connectivity index (χ1v) is 28.5. The SMILES string of the molecule is CC1(C)C(/C=C/C2=C(c3ccc(CCC(=O)ON4C(=O)CCC4=O)cc3)C(=C/C=C3/C(CCC[N+](C)(C)C)c4ccc(S(C)(=O)=O)cc4C3(C)C)/CCC2)=[N+](CCC[N+](C)(C)C)c2ccc(S(=O)(=O)[O-])cc21. The number of carbonyl (C=O) groups excluding carboxylic acids is 3. The molecule has 1 atom stereocenters. The number of carbonyl (C=O) groups is 3. The number of fused-ring (bicyclic) bond motifs is 2. The molecule has 2 aliphatic heterocycles. The van der Waals surface area contributed by atoms with Crippen LogP contribution in [0.2, 0.25) is 0 Å². The fraction of sp³-hybridized carbons (Fsp3) is 0.474. The zero-order valence-corrected chi connectivity index (χ0v) is 45.8. The van der Waals surface area contributed by atoms with Crippen LogP contribution in [0.1, 0.15) is 119 Å². The first kappa shape index (κ1) is 54.5. The Morgan fingerprint density at radius 3 is 2.03 bits per heavy atom. The summed E-state index contributed by atoms with van der Waals surface area (Å²) < 4.78 is 66.5. The number of amides is 2. The second-order valence-corrected chi connectivity index (χ2v) is 26.6. The highest BCUT2D eigenvalue weighted by Crippen LogP contribution is 2.53. The molecule has 0 aromatic heterocycles. The summed E-state index contributed by atoms with van der Waals surface area (Å²) in [5, 5.41) is 0.577. The summed E-state index contributed by atoms with van der Waals surface area (Å²) in [4.78, 5) is 42.1. The van der Waals surface area contributed by atoms with Gasteiger partial charge in [-0.1, -0.05) is 68.0 Å². The van der Waals surface area contributed by atoms with Gasteiger partial charge in [-0.15, -0.1) is 5.06 Å². The Balaban J connectivity index is 1.33. The molecule has 3 aromatic carbocycles. The number of quaternary nitrogens is 2. The topological polar surface area (TPSA) is 158 Å². The monoisotopic (exact) mass is 1020 g/mol. The van der Waals surface area contributed by atoms with Crippen molar-refractivity contribution >= 4 is 54.7 Å². The molecule has 1 fully saturated rings. The van der Waals surface area contributed by atoms with Crippen molar-refractivity contribution in [3.63, 3.8) is 0 Å². The molecule has 0 radical (unpaired) electrons. The second-order valence-electron chi connectivity index (χ2n) is 23.2. The number of rotatable bonds is 18. The number of allylic oxidation sites excluding steroid dienone is 8. The Bertz CT molecular complexity index is 3040. The molecule has 2 heterocycles. The molecule has 15 heteroatoms. The van der Waals surface area contributed by atoms with Gasteiger partial charge in [-0.2, -0.15) is 4.58 Å². The quantitative estimate of drug-likeness (QED) is 0.0527. The zero-order chi connectivity index (χ0) is 52.8. The molecule has 2 amide bonds. The van der Waals surface area contributed by atoms with Gasteiger partial charge in [0.15, 0.2) is 22.1 Å². The number of benzene rings is 3. The van der Waals surface area contributed by atoms with Crippen molar-refractivity contribution < 1.29 is 54.2 Å². The Kier molecular flexibility index (Phi) is 15.5. The molecule has 2 aliphatic carbocycles. The van der Waals surface area contributed by atoms with Crippen LogP contribution in [-0.2, 0) is 56.4 Å². The molecule has 4 aliphatic rings. The lowest BCUT2D eigenvalue weighted by Crippen LogP contribution is -2.36. The smallest absolute Gasteiger partial charge is 0.333 e. The maximum absolute atomic E-state index is 12.9. The molecule has 13 nitrogen and oxygen atoms in total. The summed E-state index contributed by atoms with van der Waals surface area (Å²) in [6.45, 7) is 11.2.